The lowest BCUT2D eigenvalue weighted by atomic mass is 9.95. The van der Waals surface area contributed by atoms with Crippen molar-refractivity contribution in [1.82, 2.24) is 4.90 Å². The van der Waals surface area contributed by atoms with Crippen LogP contribution in [0.2, 0.25) is 0 Å². The smallest absolute Gasteiger partial charge is 0.0598 e. The Morgan fingerprint density at radius 1 is 1.24 bits per heavy atom. The maximum Gasteiger partial charge on any atom is 0.0598 e. The topological polar surface area (TPSA) is 3.24 Å². The highest BCUT2D eigenvalue weighted by atomic mass is 15.1. The largest absolute Gasteiger partial charge is 0.292 e. The molecule has 1 heteroatoms. The predicted octanol–water partition coefficient (Wildman–Crippen LogP) is 3.05. The van der Waals surface area contributed by atoms with E-state index in [2.05, 4.69) is 53.3 Å². The molecule has 1 heterocycles. The summed E-state index contributed by atoms with van der Waals surface area (Å²) in [7, 11) is 0. The van der Waals surface area contributed by atoms with Gasteiger partial charge in [0.2, 0.25) is 0 Å². The quantitative estimate of drug-likeness (QED) is 0.715. The molecule has 1 nitrogen and oxygen atoms in total. The van der Waals surface area contributed by atoms with Gasteiger partial charge < -0.3 is 0 Å². The van der Waals surface area contributed by atoms with Crippen LogP contribution >= 0.6 is 0 Å². The summed E-state index contributed by atoms with van der Waals surface area (Å²) < 4.78 is 0. The first-order chi connectivity index (χ1) is 8.38. The van der Waals surface area contributed by atoms with Crippen LogP contribution < -0.4 is 0 Å². The van der Waals surface area contributed by atoms with Gasteiger partial charge in [0, 0.05) is 0 Å². The lowest BCUT2D eigenvalue weighted by Gasteiger charge is -2.28. The van der Waals surface area contributed by atoms with E-state index in [1.807, 2.05) is 0 Å². The number of nitrogens with zero attached hydrogens (tertiary/aromatic N) is 1. The zero-order chi connectivity index (χ0) is 11.9. The molecule has 1 aliphatic rings. The van der Waals surface area contributed by atoms with Crippen molar-refractivity contribution in [3.8, 4) is 12.3 Å². The molecule has 0 aromatic heterocycles. The van der Waals surface area contributed by atoms with Crippen LogP contribution in [0.15, 0.2) is 36.4 Å². The van der Waals surface area contributed by atoms with E-state index in [-0.39, 0.29) is 0 Å². The summed E-state index contributed by atoms with van der Waals surface area (Å²) in [6.07, 6.45) is 12.4. The lowest BCUT2D eigenvalue weighted by Crippen LogP contribution is -2.33. The number of benzene rings is 1. The molecule has 0 saturated carbocycles. The summed E-state index contributed by atoms with van der Waals surface area (Å²) >= 11 is 0. The van der Waals surface area contributed by atoms with Gasteiger partial charge in [0.1, 0.15) is 0 Å². The molecule has 0 bridgehead atoms. The third-order valence-corrected chi connectivity index (χ3v) is 3.31. The zero-order valence-electron chi connectivity index (χ0n) is 10.2. The van der Waals surface area contributed by atoms with E-state index in [0.29, 0.717) is 5.92 Å². The van der Waals surface area contributed by atoms with E-state index in [4.69, 9.17) is 6.42 Å². The zero-order valence-corrected chi connectivity index (χ0v) is 10.2. The summed E-state index contributed by atoms with van der Waals surface area (Å²) in [5, 5.41) is 0. The van der Waals surface area contributed by atoms with E-state index in [0.717, 1.165) is 19.6 Å². The number of allylic oxidation sites excluding steroid dienone is 1. The van der Waals surface area contributed by atoms with Gasteiger partial charge in [0.15, 0.2) is 0 Å². The molecule has 0 unspecified atom stereocenters. The van der Waals surface area contributed by atoms with Crippen LogP contribution in [-0.4, -0.2) is 24.5 Å². The third-order valence-electron chi connectivity index (χ3n) is 3.31. The van der Waals surface area contributed by atoms with Gasteiger partial charge in [0.05, 0.1) is 6.54 Å². The fraction of sp³-hybridized carbons (Fsp3) is 0.375. The Balaban J connectivity index is 1.82. The second-order valence-electron chi connectivity index (χ2n) is 4.59. The molecule has 2 rings (SSSR count). The van der Waals surface area contributed by atoms with E-state index in [1.54, 1.807) is 0 Å². The SMILES string of the molecule is C#CCN1CCC(/C=C\c2ccccc2)CC1. The van der Waals surface area contributed by atoms with Crippen molar-refractivity contribution in [2.24, 2.45) is 5.92 Å². The molecule has 0 atom stereocenters. The number of likely N-dealkylation sites (tertiary alicyclic amines) is 1. The van der Waals surface area contributed by atoms with Gasteiger partial charge in [-0.2, -0.15) is 0 Å². The summed E-state index contributed by atoms with van der Waals surface area (Å²) in [5.74, 6) is 3.43. The van der Waals surface area contributed by atoms with Crippen LogP contribution in [0.5, 0.6) is 0 Å². The fourth-order valence-electron chi connectivity index (χ4n) is 2.24. The van der Waals surface area contributed by atoms with Crippen molar-refractivity contribution in [1.29, 1.82) is 0 Å². The minimum atomic E-state index is 0.712. The first-order valence-electron chi connectivity index (χ1n) is 6.27. The van der Waals surface area contributed by atoms with Crippen molar-refractivity contribution in [2.45, 2.75) is 12.8 Å². The Labute approximate surface area is 104 Å². The maximum atomic E-state index is 5.32. The molecule has 0 amide bonds. The predicted molar refractivity (Wildman–Crippen MR) is 73.5 cm³/mol. The number of hydrogen-bond acceptors (Lipinski definition) is 1. The van der Waals surface area contributed by atoms with Crippen molar-refractivity contribution < 1.29 is 0 Å². The molecule has 1 aromatic carbocycles. The van der Waals surface area contributed by atoms with Crippen LogP contribution in [0.3, 0.4) is 0 Å². The molecule has 17 heavy (non-hydrogen) atoms. The Morgan fingerprint density at radius 2 is 1.94 bits per heavy atom. The number of piperidine rings is 1. The first kappa shape index (κ1) is 12.0. The van der Waals surface area contributed by atoms with Crippen LogP contribution in [0.4, 0.5) is 0 Å². The van der Waals surface area contributed by atoms with Gasteiger partial charge in [-0.1, -0.05) is 48.4 Å². The molecule has 0 N–H and O–H groups in total. The van der Waals surface area contributed by atoms with Gasteiger partial charge in [-0.25, -0.2) is 0 Å². The lowest BCUT2D eigenvalue weighted by molar-refractivity contribution is 0.226. The molecule has 1 aliphatic heterocycles. The van der Waals surface area contributed by atoms with Crippen molar-refractivity contribution in [3.63, 3.8) is 0 Å². The Hall–Kier alpha value is -1.52. The Bertz CT molecular complexity index is 391. The van der Waals surface area contributed by atoms with Gasteiger partial charge in [-0.05, 0) is 37.4 Å². The van der Waals surface area contributed by atoms with Crippen molar-refractivity contribution >= 4 is 6.08 Å². The van der Waals surface area contributed by atoms with Gasteiger partial charge in [-0.15, -0.1) is 6.42 Å². The molecule has 88 valence electrons. The summed E-state index contributed by atoms with van der Waals surface area (Å²) in [4.78, 5) is 2.35. The van der Waals surface area contributed by atoms with Crippen LogP contribution in [0.1, 0.15) is 18.4 Å². The second kappa shape index (κ2) is 6.27. The molecule has 0 aliphatic carbocycles. The number of terminal acetylenes is 1. The Morgan fingerprint density at radius 3 is 2.59 bits per heavy atom. The normalized spacial score (nSPS) is 18.3. The average molecular weight is 225 g/mol. The van der Waals surface area contributed by atoms with Crippen LogP contribution in [0.25, 0.3) is 6.08 Å². The summed E-state index contributed by atoms with van der Waals surface area (Å²) in [6.45, 7) is 3.07. The number of hydrogen-bond donors (Lipinski definition) is 0. The molecule has 1 aromatic rings. The van der Waals surface area contributed by atoms with Gasteiger partial charge >= 0.3 is 0 Å². The van der Waals surface area contributed by atoms with Crippen molar-refractivity contribution in [3.05, 3.63) is 42.0 Å². The van der Waals surface area contributed by atoms with Crippen LogP contribution in [0, 0.1) is 18.3 Å². The van der Waals surface area contributed by atoms with E-state index >= 15 is 0 Å². The third kappa shape index (κ3) is 3.76. The number of rotatable bonds is 3. The first-order valence-corrected chi connectivity index (χ1v) is 6.27. The van der Waals surface area contributed by atoms with Gasteiger partial charge in [0.25, 0.3) is 0 Å². The molecular formula is C16H19N. The minimum absolute atomic E-state index is 0.712. The minimum Gasteiger partial charge on any atom is -0.292 e. The fourth-order valence-corrected chi connectivity index (χ4v) is 2.24. The van der Waals surface area contributed by atoms with E-state index in [1.165, 1.54) is 18.4 Å². The standard InChI is InChI=1S/C16H19N/c1-2-12-17-13-10-16(11-14-17)9-8-15-6-4-3-5-7-15/h1,3-9,16H,10-14H2/b9-8-. The highest BCUT2D eigenvalue weighted by molar-refractivity contribution is 5.48. The van der Waals surface area contributed by atoms with E-state index in [9.17, 15) is 0 Å². The van der Waals surface area contributed by atoms with E-state index < -0.39 is 0 Å². The highest BCUT2D eigenvalue weighted by Crippen LogP contribution is 2.19. The molecule has 1 saturated heterocycles. The summed E-state index contributed by atoms with van der Waals surface area (Å²) in [6, 6.07) is 10.5. The van der Waals surface area contributed by atoms with Crippen molar-refractivity contribution in [2.75, 3.05) is 19.6 Å². The average Bonchev–Trinajstić information content (AvgIpc) is 2.40. The molecule has 0 spiro atoms. The molecule has 0 radical (unpaired) electrons. The Kier molecular flexibility index (Phi) is 4.41. The maximum absolute atomic E-state index is 5.32. The monoisotopic (exact) mass is 225 g/mol. The summed E-state index contributed by atoms with van der Waals surface area (Å²) in [5.41, 5.74) is 1.29. The second-order valence-corrected chi connectivity index (χ2v) is 4.59. The molecular weight excluding hydrogens is 206 g/mol. The highest BCUT2D eigenvalue weighted by Gasteiger charge is 2.15. The molecule has 1 fully saturated rings. The van der Waals surface area contributed by atoms with Gasteiger partial charge in [-0.3, -0.25) is 4.90 Å². The van der Waals surface area contributed by atoms with Crippen LogP contribution in [-0.2, 0) is 0 Å².